The van der Waals surface area contributed by atoms with E-state index in [4.69, 9.17) is 19.7 Å². The molecule has 1 aliphatic heterocycles. The molecule has 0 saturated carbocycles. The lowest BCUT2D eigenvalue weighted by atomic mass is 9.99. The van der Waals surface area contributed by atoms with Crippen LogP contribution in [-0.4, -0.2) is 68.3 Å². The van der Waals surface area contributed by atoms with Crippen LogP contribution >= 0.6 is 0 Å². The van der Waals surface area contributed by atoms with Gasteiger partial charge in [0.05, 0.1) is 13.2 Å². The van der Waals surface area contributed by atoms with Crippen LogP contribution in [0.2, 0.25) is 0 Å². The molecule has 8 heteroatoms. The molecule has 21 heavy (non-hydrogen) atoms. The molecule has 1 saturated heterocycles. The summed E-state index contributed by atoms with van der Waals surface area (Å²) in [4.78, 5) is 0. The summed E-state index contributed by atoms with van der Waals surface area (Å²) in [5.74, 6) is 0.367. The van der Waals surface area contributed by atoms with Crippen molar-refractivity contribution in [3.63, 3.8) is 0 Å². The highest BCUT2D eigenvalue weighted by atomic mass is 16.7. The second kappa shape index (κ2) is 7.66. The molecule has 5 atom stereocenters. The predicted molar refractivity (Wildman–Crippen MR) is 70.4 cm³/mol. The lowest BCUT2D eigenvalue weighted by molar-refractivity contribution is -0.277. The van der Waals surface area contributed by atoms with E-state index in [1.165, 1.54) is 0 Å². The summed E-state index contributed by atoms with van der Waals surface area (Å²) in [5.41, 5.74) is 0.700. The molecule has 1 aromatic rings. The van der Waals surface area contributed by atoms with Gasteiger partial charge >= 0.3 is 0 Å². The molecule has 1 aromatic carbocycles. The van der Waals surface area contributed by atoms with Crippen LogP contribution in [0.1, 0.15) is 5.56 Å². The van der Waals surface area contributed by atoms with Gasteiger partial charge in [0.15, 0.2) is 0 Å². The molecule has 1 aliphatic rings. The second-order valence-corrected chi connectivity index (χ2v) is 4.62. The smallest absolute Gasteiger partial charge is 0.229 e. The number of rotatable bonds is 4. The second-order valence-electron chi connectivity index (χ2n) is 4.62. The SMILES string of the molecule is O.OCc1ccc(OC2OC(CO)C(O)C(O)C2O)cc1. The van der Waals surface area contributed by atoms with Gasteiger partial charge in [-0.2, -0.15) is 0 Å². The van der Waals surface area contributed by atoms with Crippen LogP contribution in [0.25, 0.3) is 0 Å². The number of hydrogen-bond donors (Lipinski definition) is 5. The van der Waals surface area contributed by atoms with Crippen molar-refractivity contribution in [1.29, 1.82) is 0 Å². The third-order valence-electron chi connectivity index (χ3n) is 3.21. The number of hydrogen-bond acceptors (Lipinski definition) is 7. The van der Waals surface area contributed by atoms with E-state index in [0.29, 0.717) is 11.3 Å². The number of ether oxygens (including phenoxy) is 2. The van der Waals surface area contributed by atoms with Gasteiger partial charge in [-0.1, -0.05) is 12.1 Å². The van der Waals surface area contributed by atoms with Crippen LogP contribution in [-0.2, 0) is 11.3 Å². The van der Waals surface area contributed by atoms with E-state index >= 15 is 0 Å². The van der Waals surface area contributed by atoms with Crippen LogP contribution in [0.4, 0.5) is 0 Å². The Balaban J connectivity index is 0.00000220. The van der Waals surface area contributed by atoms with E-state index in [0.717, 1.165) is 0 Å². The van der Waals surface area contributed by atoms with Gasteiger partial charge in [-0.25, -0.2) is 0 Å². The molecular formula is C13H20O8. The molecule has 0 bridgehead atoms. The molecule has 0 radical (unpaired) electrons. The summed E-state index contributed by atoms with van der Waals surface area (Å²) >= 11 is 0. The van der Waals surface area contributed by atoms with Gasteiger partial charge in [-0.05, 0) is 17.7 Å². The molecule has 8 nitrogen and oxygen atoms in total. The summed E-state index contributed by atoms with van der Waals surface area (Å²) < 4.78 is 10.6. The Bertz CT molecular complexity index is 421. The van der Waals surface area contributed by atoms with E-state index in [1.54, 1.807) is 24.3 Å². The van der Waals surface area contributed by atoms with Crippen LogP contribution in [0, 0.1) is 0 Å². The minimum atomic E-state index is -1.47. The Morgan fingerprint density at radius 1 is 0.952 bits per heavy atom. The summed E-state index contributed by atoms with van der Waals surface area (Å²) in [7, 11) is 0. The summed E-state index contributed by atoms with van der Waals surface area (Å²) in [6.07, 6.45) is -6.53. The van der Waals surface area contributed by atoms with Crippen LogP contribution < -0.4 is 4.74 Å². The van der Waals surface area contributed by atoms with Gasteiger partial charge in [0, 0.05) is 0 Å². The van der Waals surface area contributed by atoms with E-state index < -0.39 is 37.3 Å². The molecule has 1 fully saturated rings. The normalized spacial score (nSPS) is 32.3. The molecule has 0 amide bonds. The molecule has 7 N–H and O–H groups in total. The molecule has 0 aliphatic carbocycles. The van der Waals surface area contributed by atoms with E-state index in [1.807, 2.05) is 0 Å². The fourth-order valence-electron chi connectivity index (χ4n) is 1.97. The third-order valence-corrected chi connectivity index (χ3v) is 3.21. The number of aliphatic hydroxyl groups is 5. The summed E-state index contributed by atoms with van der Waals surface area (Å²) in [6, 6.07) is 6.43. The minimum Gasteiger partial charge on any atom is -0.462 e. The van der Waals surface area contributed by atoms with Crippen molar-refractivity contribution in [2.45, 2.75) is 37.3 Å². The molecule has 120 valence electrons. The molecule has 0 aromatic heterocycles. The number of benzene rings is 1. The van der Waals surface area contributed by atoms with Gasteiger partial charge in [-0.3, -0.25) is 0 Å². The zero-order chi connectivity index (χ0) is 14.7. The molecule has 1 heterocycles. The van der Waals surface area contributed by atoms with Gasteiger partial charge in [0.2, 0.25) is 6.29 Å². The number of aliphatic hydroxyl groups excluding tert-OH is 5. The van der Waals surface area contributed by atoms with Crippen LogP contribution in [0.15, 0.2) is 24.3 Å². The zero-order valence-corrected chi connectivity index (χ0v) is 11.2. The predicted octanol–water partition coefficient (Wildman–Crippen LogP) is -2.47. The fourth-order valence-corrected chi connectivity index (χ4v) is 1.97. The largest absolute Gasteiger partial charge is 0.462 e. The molecule has 2 rings (SSSR count). The van der Waals surface area contributed by atoms with Gasteiger partial charge in [0.25, 0.3) is 0 Å². The molecular weight excluding hydrogens is 284 g/mol. The van der Waals surface area contributed by atoms with Crippen LogP contribution in [0.5, 0.6) is 5.75 Å². The first kappa shape index (κ1) is 17.8. The molecule has 5 unspecified atom stereocenters. The molecule has 0 spiro atoms. The summed E-state index contributed by atoms with van der Waals surface area (Å²) in [6.45, 7) is -0.603. The first-order chi connectivity index (χ1) is 9.56. The lowest BCUT2D eigenvalue weighted by Crippen LogP contribution is -2.60. The quantitative estimate of drug-likeness (QED) is 0.413. The Labute approximate surface area is 121 Å². The van der Waals surface area contributed by atoms with E-state index in [-0.39, 0.29) is 12.1 Å². The van der Waals surface area contributed by atoms with Crippen molar-refractivity contribution in [2.24, 2.45) is 0 Å². The maximum atomic E-state index is 9.80. The zero-order valence-electron chi connectivity index (χ0n) is 11.2. The lowest BCUT2D eigenvalue weighted by Gasteiger charge is -2.39. The maximum Gasteiger partial charge on any atom is 0.229 e. The standard InChI is InChI=1S/C13H18O7.H2O/c14-5-7-1-3-8(4-2-7)19-13-12(18)11(17)10(16)9(6-15)20-13;/h1-4,9-18H,5-6H2;1H2. The first-order valence-electron chi connectivity index (χ1n) is 6.23. The van der Waals surface area contributed by atoms with E-state index in [9.17, 15) is 15.3 Å². The third kappa shape index (κ3) is 3.89. The van der Waals surface area contributed by atoms with Crippen molar-refractivity contribution in [1.82, 2.24) is 0 Å². The summed E-state index contributed by atoms with van der Waals surface area (Å²) in [5, 5.41) is 47.0. The van der Waals surface area contributed by atoms with Gasteiger partial charge in [0.1, 0.15) is 30.2 Å². The highest BCUT2D eigenvalue weighted by molar-refractivity contribution is 5.27. The monoisotopic (exact) mass is 304 g/mol. The van der Waals surface area contributed by atoms with Crippen molar-refractivity contribution < 1.29 is 40.5 Å². The van der Waals surface area contributed by atoms with Crippen molar-refractivity contribution in [2.75, 3.05) is 6.61 Å². The van der Waals surface area contributed by atoms with Crippen molar-refractivity contribution in [3.05, 3.63) is 29.8 Å². The Morgan fingerprint density at radius 3 is 2.10 bits per heavy atom. The first-order valence-corrected chi connectivity index (χ1v) is 6.23. The Hall–Kier alpha value is -1.26. The highest BCUT2D eigenvalue weighted by Crippen LogP contribution is 2.24. The van der Waals surface area contributed by atoms with Gasteiger partial charge in [-0.15, -0.1) is 0 Å². The average molecular weight is 304 g/mol. The average Bonchev–Trinajstić information content (AvgIpc) is 2.48. The maximum absolute atomic E-state index is 9.80. The Morgan fingerprint density at radius 2 is 1.57 bits per heavy atom. The van der Waals surface area contributed by atoms with E-state index in [2.05, 4.69) is 0 Å². The minimum absolute atomic E-state index is 0. The Kier molecular flexibility index (Phi) is 6.49. The highest BCUT2D eigenvalue weighted by Gasteiger charge is 2.44. The van der Waals surface area contributed by atoms with Crippen LogP contribution in [0.3, 0.4) is 0 Å². The van der Waals surface area contributed by atoms with Crippen molar-refractivity contribution in [3.8, 4) is 5.75 Å². The van der Waals surface area contributed by atoms with Crippen molar-refractivity contribution >= 4 is 0 Å². The fraction of sp³-hybridized carbons (Fsp3) is 0.538. The van der Waals surface area contributed by atoms with Gasteiger partial charge < -0.3 is 40.5 Å². The topological polar surface area (TPSA) is 151 Å².